The maximum atomic E-state index is 12.3. The molecule has 1 aliphatic heterocycles. The molecule has 1 saturated heterocycles. The number of nitrogens with one attached hydrogen (secondary N) is 1. The Morgan fingerprint density at radius 1 is 1.28 bits per heavy atom. The molecule has 25 heavy (non-hydrogen) atoms. The first-order valence-electron chi connectivity index (χ1n) is 8.03. The van der Waals surface area contributed by atoms with Gasteiger partial charge in [0.2, 0.25) is 5.91 Å². The second-order valence-corrected chi connectivity index (χ2v) is 9.06. The lowest BCUT2D eigenvalue weighted by atomic mass is 9.99. The fourth-order valence-corrected chi connectivity index (χ4v) is 4.96. The topological polar surface area (TPSA) is 86.7 Å². The van der Waals surface area contributed by atoms with Crippen molar-refractivity contribution in [3.63, 3.8) is 0 Å². The van der Waals surface area contributed by atoms with E-state index in [1.165, 1.54) is 6.07 Å². The number of benzene rings is 1. The van der Waals surface area contributed by atoms with Gasteiger partial charge in [-0.15, -0.1) is 11.3 Å². The van der Waals surface area contributed by atoms with Crippen molar-refractivity contribution in [1.82, 2.24) is 9.62 Å². The van der Waals surface area contributed by atoms with Gasteiger partial charge >= 0.3 is 0 Å². The summed E-state index contributed by atoms with van der Waals surface area (Å²) >= 11 is 1.12. The Morgan fingerprint density at radius 3 is 2.72 bits per heavy atom. The van der Waals surface area contributed by atoms with E-state index in [9.17, 15) is 18.3 Å². The number of likely N-dealkylation sites (tertiary alicyclic amines) is 1. The largest absolute Gasteiger partial charge is 0.508 e. The van der Waals surface area contributed by atoms with Gasteiger partial charge in [0.25, 0.3) is 10.0 Å². The lowest BCUT2D eigenvalue weighted by molar-refractivity contribution is -0.129. The zero-order valence-electron chi connectivity index (χ0n) is 13.6. The first-order chi connectivity index (χ1) is 11.9. The van der Waals surface area contributed by atoms with Gasteiger partial charge in [-0.05, 0) is 47.9 Å². The lowest BCUT2D eigenvalue weighted by Gasteiger charge is -2.17. The SMILES string of the molecule is O=C(CNS(=O)(=O)c1cccs1)N1CCC(Cc2ccc(O)cc2)C1. The predicted octanol–water partition coefficient (Wildman–Crippen LogP) is 1.82. The zero-order chi connectivity index (χ0) is 17.9. The fourth-order valence-electron chi connectivity index (χ4n) is 2.95. The van der Waals surface area contributed by atoms with E-state index in [-0.39, 0.29) is 22.4 Å². The number of phenolic OH excluding ortho intramolecular Hbond substituents is 1. The predicted molar refractivity (Wildman–Crippen MR) is 96.0 cm³/mol. The molecule has 1 unspecified atom stereocenters. The average Bonchev–Trinajstić information content (AvgIpc) is 3.27. The number of phenols is 1. The molecule has 0 aliphatic carbocycles. The van der Waals surface area contributed by atoms with E-state index in [0.717, 1.165) is 29.7 Å². The number of amides is 1. The number of nitrogens with zero attached hydrogens (tertiary/aromatic N) is 1. The fraction of sp³-hybridized carbons (Fsp3) is 0.353. The van der Waals surface area contributed by atoms with Crippen molar-refractivity contribution in [3.05, 3.63) is 47.3 Å². The van der Waals surface area contributed by atoms with Crippen molar-refractivity contribution in [2.75, 3.05) is 19.6 Å². The number of thiophene rings is 1. The molecule has 134 valence electrons. The highest BCUT2D eigenvalue weighted by Crippen LogP contribution is 2.22. The number of carbonyl (C=O) groups excluding carboxylic acids is 1. The monoisotopic (exact) mass is 380 g/mol. The van der Waals surface area contributed by atoms with Crippen LogP contribution in [0.15, 0.2) is 46.0 Å². The van der Waals surface area contributed by atoms with Gasteiger partial charge in [-0.3, -0.25) is 4.79 Å². The Morgan fingerprint density at radius 2 is 2.04 bits per heavy atom. The van der Waals surface area contributed by atoms with E-state index in [4.69, 9.17) is 0 Å². The summed E-state index contributed by atoms with van der Waals surface area (Å²) in [5.74, 6) is 0.390. The van der Waals surface area contributed by atoms with E-state index in [1.807, 2.05) is 12.1 Å². The van der Waals surface area contributed by atoms with Gasteiger partial charge in [0.05, 0.1) is 6.54 Å². The Hall–Kier alpha value is -1.90. The van der Waals surface area contributed by atoms with E-state index in [1.54, 1.807) is 28.5 Å². The molecule has 0 bridgehead atoms. The summed E-state index contributed by atoms with van der Waals surface area (Å²) in [5, 5.41) is 11.0. The molecule has 6 nitrogen and oxygen atoms in total. The molecular formula is C17H20N2O4S2. The standard InChI is InChI=1S/C17H20N2O4S2/c20-15-5-3-13(4-6-15)10-14-7-8-19(12-14)16(21)11-18-25(22,23)17-2-1-9-24-17/h1-6,9,14,18,20H,7-8,10-12H2. The Bertz CT molecular complexity index is 817. The minimum absolute atomic E-state index is 0.201. The van der Waals surface area contributed by atoms with Gasteiger partial charge in [-0.1, -0.05) is 18.2 Å². The molecular weight excluding hydrogens is 360 g/mol. The van der Waals surface area contributed by atoms with Gasteiger partial charge in [0.1, 0.15) is 9.96 Å². The van der Waals surface area contributed by atoms with Crippen LogP contribution in [0.1, 0.15) is 12.0 Å². The first-order valence-corrected chi connectivity index (χ1v) is 10.4. The van der Waals surface area contributed by atoms with Crippen LogP contribution >= 0.6 is 11.3 Å². The van der Waals surface area contributed by atoms with Crippen LogP contribution < -0.4 is 4.72 Å². The third kappa shape index (κ3) is 4.59. The summed E-state index contributed by atoms with van der Waals surface area (Å²) in [6, 6.07) is 10.3. The maximum Gasteiger partial charge on any atom is 0.250 e. The zero-order valence-corrected chi connectivity index (χ0v) is 15.2. The highest BCUT2D eigenvalue weighted by Gasteiger charge is 2.27. The molecule has 1 aromatic heterocycles. The summed E-state index contributed by atoms with van der Waals surface area (Å²) in [6.07, 6.45) is 1.73. The first kappa shape index (κ1) is 17.9. The van der Waals surface area contributed by atoms with Crippen molar-refractivity contribution >= 4 is 27.3 Å². The van der Waals surface area contributed by atoms with Crippen molar-refractivity contribution in [2.24, 2.45) is 5.92 Å². The smallest absolute Gasteiger partial charge is 0.250 e. The molecule has 2 aromatic rings. The molecule has 1 atom stereocenters. The number of sulfonamides is 1. The summed E-state index contributed by atoms with van der Waals surface area (Å²) in [5.41, 5.74) is 1.12. The number of hydrogen-bond donors (Lipinski definition) is 2. The third-order valence-corrected chi connectivity index (χ3v) is 7.07. The van der Waals surface area contributed by atoms with Gasteiger partial charge in [-0.2, -0.15) is 0 Å². The summed E-state index contributed by atoms with van der Waals surface area (Å²) in [7, 11) is -3.61. The molecule has 1 fully saturated rings. The van der Waals surface area contributed by atoms with Crippen LogP contribution in [0.25, 0.3) is 0 Å². The average molecular weight is 380 g/mol. The summed E-state index contributed by atoms with van der Waals surface area (Å²) in [4.78, 5) is 14.0. The molecule has 0 spiro atoms. The molecule has 0 saturated carbocycles. The van der Waals surface area contributed by atoms with Crippen molar-refractivity contribution in [2.45, 2.75) is 17.1 Å². The molecule has 2 N–H and O–H groups in total. The van der Waals surface area contributed by atoms with Crippen LogP contribution in [0.2, 0.25) is 0 Å². The normalized spacial score (nSPS) is 17.8. The van der Waals surface area contributed by atoms with Crippen LogP contribution in [-0.4, -0.2) is 44.0 Å². The number of hydrogen-bond acceptors (Lipinski definition) is 5. The van der Waals surface area contributed by atoms with E-state index >= 15 is 0 Å². The van der Waals surface area contributed by atoms with Gasteiger partial charge < -0.3 is 10.0 Å². The minimum atomic E-state index is -3.61. The Labute approximate surface area is 151 Å². The van der Waals surface area contributed by atoms with E-state index in [0.29, 0.717) is 19.0 Å². The van der Waals surface area contributed by atoms with Crippen LogP contribution in [0.4, 0.5) is 0 Å². The van der Waals surface area contributed by atoms with Crippen LogP contribution in [0.5, 0.6) is 5.75 Å². The van der Waals surface area contributed by atoms with Crippen LogP contribution in [-0.2, 0) is 21.2 Å². The molecule has 2 heterocycles. The molecule has 1 aromatic carbocycles. The summed E-state index contributed by atoms with van der Waals surface area (Å²) < 4.78 is 26.7. The lowest BCUT2D eigenvalue weighted by Crippen LogP contribution is -2.38. The van der Waals surface area contributed by atoms with Gasteiger partial charge in [-0.25, -0.2) is 13.1 Å². The second-order valence-electron chi connectivity index (χ2n) is 6.12. The van der Waals surface area contributed by atoms with Crippen LogP contribution in [0, 0.1) is 5.92 Å². The van der Waals surface area contributed by atoms with E-state index < -0.39 is 10.0 Å². The number of rotatable bonds is 6. The van der Waals surface area contributed by atoms with Crippen molar-refractivity contribution in [3.8, 4) is 5.75 Å². The molecule has 1 aliphatic rings. The quantitative estimate of drug-likeness (QED) is 0.800. The van der Waals surface area contributed by atoms with Crippen molar-refractivity contribution < 1.29 is 18.3 Å². The molecule has 8 heteroatoms. The minimum Gasteiger partial charge on any atom is -0.508 e. The Kier molecular flexibility index (Phi) is 5.41. The second kappa shape index (κ2) is 7.55. The third-order valence-electron chi connectivity index (χ3n) is 4.27. The Balaban J connectivity index is 1.50. The van der Waals surface area contributed by atoms with Gasteiger partial charge in [0.15, 0.2) is 0 Å². The number of carbonyl (C=O) groups is 1. The van der Waals surface area contributed by atoms with Crippen molar-refractivity contribution in [1.29, 1.82) is 0 Å². The summed E-state index contributed by atoms with van der Waals surface area (Å²) in [6.45, 7) is 1.05. The molecule has 1 amide bonds. The highest BCUT2D eigenvalue weighted by atomic mass is 32.2. The van der Waals surface area contributed by atoms with E-state index in [2.05, 4.69) is 4.72 Å². The maximum absolute atomic E-state index is 12.3. The number of aromatic hydroxyl groups is 1. The van der Waals surface area contributed by atoms with Crippen LogP contribution in [0.3, 0.4) is 0 Å². The molecule has 3 rings (SSSR count). The molecule has 0 radical (unpaired) electrons. The highest BCUT2D eigenvalue weighted by molar-refractivity contribution is 7.91. The van der Waals surface area contributed by atoms with Gasteiger partial charge in [0, 0.05) is 13.1 Å².